The van der Waals surface area contributed by atoms with Crippen molar-refractivity contribution in [2.45, 2.75) is 25.4 Å². The third kappa shape index (κ3) is 2.88. The third-order valence-corrected chi connectivity index (χ3v) is 2.82. The Balaban J connectivity index is 2.14. The van der Waals surface area contributed by atoms with Crippen LogP contribution in [0.15, 0.2) is 23.4 Å². The molecule has 0 unspecified atom stereocenters. The Bertz CT molecular complexity index is 428. The number of ether oxygens (including phenoxy) is 1. The fourth-order valence-corrected chi connectivity index (χ4v) is 1.66. The maximum absolute atomic E-state index is 8.66. The fourth-order valence-electron chi connectivity index (χ4n) is 1.66. The van der Waals surface area contributed by atoms with Crippen LogP contribution >= 0.6 is 0 Å². The van der Waals surface area contributed by atoms with Gasteiger partial charge in [-0.3, -0.25) is 0 Å². The molecule has 0 aliphatic heterocycles. The summed E-state index contributed by atoms with van der Waals surface area (Å²) in [5, 5.41) is 15.1. The molecule has 17 heavy (non-hydrogen) atoms. The molecule has 1 aromatic rings. The quantitative estimate of drug-likeness (QED) is 0.308. The van der Waals surface area contributed by atoms with Crippen LogP contribution in [0.5, 0.6) is 5.75 Å². The second-order valence-corrected chi connectivity index (χ2v) is 4.18. The van der Waals surface area contributed by atoms with Gasteiger partial charge in [-0.15, -0.1) is 0 Å². The maximum Gasteiger partial charge on any atom is 0.173 e. The van der Waals surface area contributed by atoms with E-state index < -0.39 is 0 Å². The van der Waals surface area contributed by atoms with E-state index in [2.05, 4.69) is 10.5 Å². The number of hydrogen-bond donors (Lipinski definition) is 3. The molecule has 0 heterocycles. The van der Waals surface area contributed by atoms with Crippen molar-refractivity contribution in [2.75, 3.05) is 7.11 Å². The Labute approximate surface area is 100 Å². The number of methoxy groups -OCH3 is 1. The summed E-state index contributed by atoms with van der Waals surface area (Å²) in [7, 11) is 1.57. The highest BCUT2D eigenvalue weighted by molar-refractivity contribution is 5.99. The van der Waals surface area contributed by atoms with Crippen molar-refractivity contribution in [1.29, 1.82) is 0 Å². The van der Waals surface area contributed by atoms with Crippen molar-refractivity contribution in [3.63, 3.8) is 0 Å². The zero-order valence-electron chi connectivity index (χ0n) is 9.81. The number of nitrogens with zero attached hydrogens (tertiary/aromatic N) is 1. The topological polar surface area (TPSA) is 79.9 Å². The summed E-state index contributed by atoms with van der Waals surface area (Å²) >= 11 is 0. The van der Waals surface area contributed by atoms with Crippen LogP contribution in [0.1, 0.15) is 24.0 Å². The highest BCUT2D eigenvalue weighted by atomic mass is 16.5. The van der Waals surface area contributed by atoms with Gasteiger partial charge in [0.25, 0.3) is 0 Å². The van der Waals surface area contributed by atoms with Gasteiger partial charge in [-0.25, -0.2) is 0 Å². The van der Waals surface area contributed by atoms with E-state index in [1.165, 1.54) is 12.8 Å². The normalized spacial score (nSPS) is 15.9. The average molecular weight is 235 g/mol. The molecule has 92 valence electrons. The molecule has 5 nitrogen and oxygen atoms in total. The number of oxime groups is 1. The molecule has 0 atom stereocenters. The van der Waals surface area contributed by atoms with Crippen LogP contribution in [0.3, 0.4) is 0 Å². The smallest absolute Gasteiger partial charge is 0.173 e. The number of rotatable bonds is 5. The SMILES string of the molecule is COc1cc(CNC2CC2)ccc1/C(N)=N/O. The number of nitrogens with two attached hydrogens (primary N) is 1. The van der Waals surface area contributed by atoms with E-state index in [1.807, 2.05) is 12.1 Å². The molecule has 1 aliphatic carbocycles. The monoisotopic (exact) mass is 235 g/mol. The molecule has 1 saturated carbocycles. The first-order chi connectivity index (χ1) is 8.24. The van der Waals surface area contributed by atoms with E-state index in [0.29, 0.717) is 17.4 Å². The van der Waals surface area contributed by atoms with Gasteiger partial charge >= 0.3 is 0 Å². The van der Waals surface area contributed by atoms with Gasteiger partial charge in [0.15, 0.2) is 5.84 Å². The van der Waals surface area contributed by atoms with Crippen LogP contribution in [-0.2, 0) is 6.54 Å². The van der Waals surface area contributed by atoms with Gasteiger partial charge < -0.3 is 21.0 Å². The number of hydrogen-bond acceptors (Lipinski definition) is 4. The summed E-state index contributed by atoms with van der Waals surface area (Å²) in [6, 6.07) is 6.33. The summed E-state index contributed by atoms with van der Waals surface area (Å²) in [6.07, 6.45) is 2.53. The van der Waals surface area contributed by atoms with E-state index in [-0.39, 0.29) is 5.84 Å². The summed E-state index contributed by atoms with van der Waals surface area (Å²) in [4.78, 5) is 0. The predicted octanol–water partition coefficient (Wildman–Crippen LogP) is 1.04. The summed E-state index contributed by atoms with van der Waals surface area (Å²) in [6.45, 7) is 0.817. The lowest BCUT2D eigenvalue weighted by atomic mass is 10.1. The minimum atomic E-state index is 0.0588. The van der Waals surface area contributed by atoms with Gasteiger partial charge in [0, 0.05) is 12.6 Å². The molecule has 1 aliphatic rings. The van der Waals surface area contributed by atoms with Crippen LogP contribution in [0, 0.1) is 0 Å². The molecule has 0 radical (unpaired) electrons. The fraction of sp³-hybridized carbons (Fsp3) is 0.417. The first kappa shape index (κ1) is 11.7. The molecule has 0 aromatic heterocycles. The van der Waals surface area contributed by atoms with Crippen molar-refractivity contribution in [3.05, 3.63) is 29.3 Å². The molecule has 1 fully saturated rings. The second-order valence-electron chi connectivity index (χ2n) is 4.18. The number of nitrogens with one attached hydrogen (secondary N) is 1. The summed E-state index contributed by atoms with van der Waals surface area (Å²) in [5.74, 6) is 0.680. The molecule has 4 N–H and O–H groups in total. The molecular weight excluding hydrogens is 218 g/mol. The van der Waals surface area contributed by atoms with E-state index in [0.717, 1.165) is 12.1 Å². The predicted molar refractivity (Wildman–Crippen MR) is 65.4 cm³/mol. The highest BCUT2D eigenvalue weighted by Crippen LogP contribution is 2.22. The van der Waals surface area contributed by atoms with Gasteiger partial charge in [-0.1, -0.05) is 11.2 Å². The van der Waals surface area contributed by atoms with Gasteiger partial charge in [-0.2, -0.15) is 0 Å². The Morgan fingerprint density at radius 1 is 1.59 bits per heavy atom. The largest absolute Gasteiger partial charge is 0.496 e. The molecule has 2 rings (SSSR count). The van der Waals surface area contributed by atoms with Gasteiger partial charge in [0.2, 0.25) is 0 Å². The standard InChI is InChI=1S/C12H17N3O2/c1-17-11-6-8(7-14-9-3-4-9)2-5-10(11)12(13)15-16/h2,5-6,9,14,16H,3-4,7H2,1H3,(H2,13,15). The van der Waals surface area contributed by atoms with Crippen LogP contribution in [0.2, 0.25) is 0 Å². The lowest BCUT2D eigenvalue weighted by Gasteiger charge is -2.10. The van der Waals surface area contributed by atoms with Crippen molar-refractivity contribution in [3.8, 4) is 5.75 Å². The van der Waals surface area contributed by atoms with Crippen LogP contribution < -0.4 is 15.8 Å². The molecule has 0 amide bonds. The minimum absolute atomic E-state index is 0.0588. The molecule has 0 saturated heterocycles. The van der Waals surface area contributed by atoms with E-state index in [1.54, 1.807) is 13.2 Å². The Hall–Kier alpha value is -1.75. The molecule has 0 bridgehead atoms. The zero-order chi connectivity index (χ0) is 12.3. The number of amidine groups is 1. The van der Waals surface area contributed by atoms with Crippen molar-refractivity contribution >= 4 is 5.84 Å². The highest BCUT2D eigenvalue weighted by Gasteiger charge is 2.20. The Morgan fingerprint density at radius 3 is 2.94 bits per heavy atom. The molecular formula is C12H17N3O2. The van der Waals surface area contributed by atoms with Crippen molar-refractivity contribution < 1.29 is 9.94 Å². The average Bonchev–Trinajstić information content (AvgIpc) is 3.19. The van der Waals surface area contributed by atoms with Crippen LogP contribution in [0.25, 0.3) is 0 Å². The zero-order valence-corrected chi connectivity index (χ0v) is 9.81. The molecule has 5 heteroatoms. The van der Waals surface area contributed by atoms with E-state index in [9.17, 15) is 0 Å². The Kier molecular flexibility index (Phi) is 3.49. The molecule has 1 aromatic carbocycles. The maximum atomic E-state index is 8.66. The van der Waals surface area contributed by atoms with Crippen molar-refractivity contribution in [2.24, 2.45) is 10.9 Å². The lowest BCUT2D eigenvalue weighted by Crippen LogP contribution is -2.17. The first-order valence-electron chi connectivity index (χ1n) is 5.62. The Morgan fingerprint density at radius 2 is 2.35 bits per heavy atom. The van der Waals surface area contributed by atoms with Crippen LogP contribution in [0.4, 0.5) is 0 Å². The van der Waals surface area contributed by atoms with E-state index >= 15 is 0 Å². The summed E-state index contributed by atoms with van der Waals surface area (Å²) < 4.78 is 5.23. The molecule has 0 spiro atoms. The van der Waals surface area contributed by atoms with Crippen molar-refractivity contribution in [1.82, 2.24) is 5.32 Å². The van der Waals surface area contributed by atoms with Gasteiger partial charge in [0.05, 0.1) is 12.7 Å². The third-order valence-electron chi connectivity index (χ3n) is 2.82. The number of benzene rings is 1. The van der Waals surface area contributed by atoms with E-state index in [4.69, 9.17) is 15.7 Å². The minimum Gasteiger partial charge on any atom is -0.496 e. The van der Waals surface area contributed by atoms with Crippen LogP contribution in [-0.4, -0.2) is 24.2 Å². The summed E-state index contributed by atoms with van der Waals surface area (Å²) in [5.41, 5.74) is 7.29. The first-order valence-corrected chi connectivity index (χ1v) is 5.62. The van der Waals surface area contributed by atoms with Gasteiger partial charge in [-0.05, 0) is 30.5 Å². The van der Waals surface area contributed by atoms with Gasteiger partial charge in [0.1, 0.15) is 5.75 Å². The lowest BCUT2D eigenvalue weighted by molar-refractivity contribution is 0.318. The second kappa shape index (κ2) is 5.05.